The molecule has 0 aliphatic carbocycles. The fourth-order valence-corrected chi connectivity index (χ4v) is 2.35. The van der Waals surface area contributed by atoms with Crippen molar-refractivity contribution in [3.8, 4) is 11.5 Å². The van der Waals surface area contributed by atoms with Gasteiger partial charge < -0.3 is 19.1 Å². The van der Waals surface area contributed by atoms with Crippen molar-refractivity contribution in [2.45, 2.75) is 47.0 Å². The summed E-state index contributed by atoms with van der Waals surface area (Å²) >= 11 is 0. The van der Waals surface area contributed by atoms with E-state index in [-0.39, 0.29) is 24.9 Å². The van der Waals surface area contributed by atoms with Crippen LogP contribution in [0.1, 0.15) is 46.1 Å². The van der Waals surface area contributed by atoms with Crippen LogP contribution in [-0.4, -0.2) is 49.7 Å². The second-order valence-electron chi connectivity index (χ2n) is 5.88. The molecule has 0 saturated carbocycles. The van der Waals surface area contributed by atoms with Crippen molar-refractivity contribution in [2.75, 3.05) is 32.9 Å². The minimum Gasteiger partial charge on any atom is -0.490 e. The first-order valence-electron chi connectivity index (χ1n) is 9.37. The van der Waals surface area contributed by atoms with Crippen molar-refractivity contribution in [3.63, 3.8) is 0 Å². The molecule has 0 saturated heterocycles. The van der Waals surface area contributed by atoms with Gasteiger partial charge in [0.05, 0.1) is 19.6 Å². The van der Waals surface area contributed by atoms with Crippen molar-refractivity contribution in [3.05, 3.63) is 23.8 Å². The smallest absolute Gasteiger partial charge is 0.310 e. The quantitative estimate of drug-likeness (QED) is 0.532. The molecule has 0 atom stereocenters. The highest BCUT2D eigenvalue weighted by Crippen LogP contribution is 2.29. The fraction of sp³-hybridized carbons (Fsp3) is 0.600. The Labute approximate surface area is 156 Å². The van der Waals surface area contributed by atoms with E-state index in [4.69, 9.17) is 14.2 Å². The predicted molar refractivity (Wildman–Crippen MR) is 101 cm³/mol. The molecule has 0 aromatic heterocycles. The summed E-state index contributed by atoms with van der Waals surface area (Å²) in [6.45, 7) is 10.0. The van der Waals surface area contributed by atoms with E-state index in [1.165, 1.54) is 0 Å². The van der Waals surface area contributed by atoms with Gasteiger partial charge in [-0.2, -0.15) is 0 Å². The Morgan fingerprint density at radius 3 is 2.23 bits per heavy atom. The first-order chi connectivity index (χ1) is 12.5. The normalized spacial score (nSPS) is 10.3. The van der Waals surface area contributed by atoms with Crippen LogP contribution >= 0.6 is 0 Å². The second-order valence-corrected chi connectivity index (χ2v) is 5.88. The highest BCUT2D eigenvalue weighted by molar-refractivity contribution is 5.77. The lowest BCUT2D eigenvalue weighted by Crippen LogP contribution is -2.34. The summed E-state index contributed by atoms with van der Waals surface area (Å²) in [5, 5.41) is 0. The average molecular weight is 365 g/mol. The number of ether oxygens (including phenoxy) is 3. The molecular weight excluding hydrogens is 334 g/mol. The van der Waals surface area contributed by atoms with E-state index in [1.54, 1.807) is 23.1 Å². The van der Waals surface area contributed by atoms with Gasteiger partial charge in [0.2, 0.25) is 0 Å². The summed E-state index contributed by atoms with van der Waals surface area (Å²) in [5.74, 6) is 0.715. The lowest BCUT2D eigenvalue weighted by Gasteiger charge is -2.19. The van der Waals surface area contributed by atoms with Crippen molar-refractivity contribution < 1.29 is 23.8 Å². The maximum absolute atomic E-state index is 12.1. The molecule has 1 rings (SSSR count). The van der Waals surface area contributed by atoms with Crippen LogP contribution in [0.2, 0.25) is 0 Å². The van der Waals surface area contributed by atoms with E-state index in [9.17, 15) is 9.59 Å². The van der Waals surface area contributed by atoms with E-state index in [0.717, 1.165) is 18.4 Å². The number of carbonyl (C=O) groups excluding carboxylic acids is 2. The first kappa shape index (κ1) is 21.8. The second kappa shape index (κ2) is 12.2. The topological polar surface area (TPSA) is 65.1 Å². The molecule has 0 bridgehead atoms. The molecule has 6 nitrogen and oxygen atoms in total. The van der Waals surface area contributed by atoms with E-state index in [0.29, 0.717) is 37.8 Å². The molecule has 6 heteroatoms. The molecule has 146 valence electrons. The van der Waals surface area contributed by atoms with Gasteiger partial charge in [-0.3, -0.25) is 9.59 Å². The first-order valence-corrected chi connectivity index (χ1v) is 9.37. The molecule has 26 heavy (non-hydrogen) atoms. The molecule has 0 radical (unpaired) electrons. The van der Waals surface area contributed by atoms with Gasteiger partial charge in [0.15, 0.2) is 18.1 Å². The Morgan fingerprint density at radius 2 is 1.62 bits per heavy atom. The van der Waals surface area contributed by atoms with Gasteiger partial charge in [-0.15, -0.1) is 0 Å². The third-order valence-electron chi connectivity index (χ3n) is 3.75. The molecule has 0 unspecified atom stereocenters. The minimum atomic E-state index is -0.265. The van der Waals surface area contributed by atoms with Gasteiger partial charge in [0.1, 0.15) is 0 Å². The van der Waals surface area contributed by atoms with Crippen LogP contribution in [0.25, 0.3) is 0 Å². The molecule has 0 spiro atoms. The van der Waals surface area contributed by atoms with Crippen LogP contribution in [0.3, 0.4) is 0 Å². The molecule has 0 aliphatic heterocycles. The highest BCUT2D eigenvalue weighted by Gasteiger charge is 2.14. The van der Waals surface area contributed by atoms with Crippen molar-refractivity contribution in [2.24, 2.45) is 0 Å². The van der Waals surface area contributed by atoms with Crippen LogP contribution in [0, 0.1) is 0 Å². The summed E-state index contributed by atoms with van der Waals surface area (Å²) in [6.07, 6.45) is 1.83. The molecule has 0 aliphatic rings. The number of amides is 1. The number of hydrogen-bond acceptors (Lipinski definition) is 5. The predicted octanol–water partition coefficient (Wildman–Crippen LogP) is 3.22. The Morgan fingerprint density at radius 1 is 0.923 bits per heavy atom. The number of nitrogens with zero attached hydrogens (tertiary/aromatic N) is 1. The zero-order valence-electron chi connectivity index (χ0n) is 16.4. The van der Waals surface area contributed by atoms with Crippen molar-refractivity contribution in [1.82, 2.24) is 4.90 Å². The Kier molecular flexibility index (Phi) is 10.2. The van der Waals surface area contributed by atoms with Crippen molar-refractivity contribution >= 4 is 11.9 Å². The van der Waals surface area contributed by atoms with Crippen LogP contribution in [0.4, 0.5) is 0 Å². The largest absolute Gasteiger partial charge is 0.490 e. The molecular formula is C20H31NO5. The van der Waals surface area contributed by atoms with Gasteiger partial charge in [-0.1, -0.05) is 19.9 Å². The summed E-state index contributed by atoms with van der Waals surface area (Å²) in [6, 6.07) is 5.31. The summed E-state index contributed by atoms with van der Waals surface area (Å²) < 4.78 is 16.5. The van der Waals surface area contributed by atoms with E-state index in [1.807, 2.05) is 27.7 Å². The molecule has 0 N–H and O–H groups in total. The van der Waals surface area contributed by atoms with Crippen LogP contribution in [0.15, 0.2) is 18.2 Å². The summed E-state index contributed by atoms with van der Waals surface area (Å²) in [4.78, 5) is 25.6. The maximum Gasteiger partial charge on any atom is 0.310 e. The van der Waals surface area contributed by atoms with Gasteiger partial charge >= 0.3 is 5.97 Å². The fourth-order valence-electron chi connectivity index (χ4n) is 2.35. The van der Waals surface area contributed by atoms with Gasteiger partial charge in [0, 0.05) is 13.1 Å². The van der Waals surface area contributed by atoms with Gasteiger partial charge in [-0.05, 0) is 44.4 Å². The van der Waals surface area contributed by atoms with Crippen molar-refractivity contribution in [1.29, 1.82) is 0 Å². The Bertz CT molecular complexity index is 569. The maximum atomic E-state index is 12.1. The number of esters is 1. The standard InChI is InChI=1S/C20H31NO5/c1-5-11-24-18-13-16(14-20(23)25-12-6-2)9-10-17(18)26-15-19(22)21(7-3)8-4/h9-10,13H,5-8,11-12,14-15H2,1-4H3. The molecule has 1 aromatic rings. The highest BCUT2D eigenvalue weighted by atomic mass is 16.5. The monoisotopic (exact) mass is 365 g/mol. The van der Waals surface area contributed by atoms with Crippen LogP contribution in [-0.2, 0) is 20.7 Å². The summed E-state index contributed by atoms with van der Waals surface area (Å²) in [7, 11) is 0. The third-order valence-corrected chi connectivity index (χ3v) is 3.75. The van der Waals surface area contributed by atoms with Gasteiger partial charge in [0.25, 0.3) is 5.91 Å². The molecule has 1 aromatic carbocycles. The molecule has 0 heterocycles. The van der Waals surface area contributed by atoms with E-state index >= 15 is 0 Å². The Balaban J connectivity index is 2.80. The van der Waals surface area contributed by atoms with E-state index < -0.39 is 0 Å². The molecule has 0 fully saturated rings. The zero-order chi connectivity index (χ0) is 19.4. The zero-order valence-corrected chi connectivity index (χ0v) is 16.4. The SMILES string of the molecule is CCCOC(=O)Cc1ccc(OCC(=O)N(CC)CC)c(OCCC)c1. The summed E-state index contributed by atoms with van der Waals surface area (Å²) in [5.41, 5.74) is 0.791. The number of benzene rings is 1. The van der Waals surface area contributed by atoms with Gasteiger partial charge in [-0.25, -0.2) is 0 Å². The number of carbonyl (C=O) groups is 2. The molecule has 1 amide bonds. The average Bonchev–Trinajstić information content (AvgIpc) is 2.64. The Hall–Kier alpha value is -2.24. The van der Waals surface area contributed by atoms with Crippen LogP contribution in [0.5, 0.6) is 11.5 Å². The lowest BCUT2D eigenvalue weighted by molar-refractivity contribution is -0.142. The third kappa shape index (κ3) is 7.33. The number of rotatable bonds is 12. The minimum absolute atomic E-state index is 0.0396. The van der Waals surface area contributed by atoms with Crippen LogP contribution < -0.4 is 9.47 Å². The lowest BCUT2D eigenvalue weighted by atomic mass is 10.1. The number of likely N-dealkylation sites (N-methyl/N-ethyl adjacent to an activating group) is 1. The number of hydrogen-bond donors (Lipinski definition) is 0. The van der Waals surface area contributed by atoms with E-state index in [2.05, 4.69) is 0 Å².